The molecule has 182 valence electrons. The van der Waals surface area contributed by atoms with Crippen LogP contribution in [-0.2, 0) is 9.53 Å². The molecule has 0 spiro atoms. The number of carbonyl (C=O) groups is 2. The van der Waals surface area contributed by atoms with Gasteiger partial charge in [0.25, 0.3) is 5.91 Å². The van der Waals surface area contributed by atoms with E-state index in [1.54, 1.807) is 43.4 Å². The van der Waals surface area contributed by atoms with Crippen molar-refractivity contribution in [2.45, 2.75) is 38.3 Å². The van der Waals surface area contributed by atoms with Gasteiger partial charge in [0.15, 0.2) is 0 Å². The second-order valence-electron chi connectivity index (χ2n) is 8.52. The fourth-order valence-corrected chi connectivity index (χ4v) is 4.31. The maximum atomic E-state index is 12.5. The van der Waals surface area contributed by atoms with Crippen LogP contribution in [0.25, 0.3) is 0 Å². The number of carbonyl (C=O) groups excluding carboxylic acids is 2. The molecule has 1 aliphatic heterocycles. The zero-order valence-corrected chi connectivity index (χ0v) is 20.1. The average Bonchev–Trinajstić information content (AvgIpc) is 3.34. The molecular weight excluding hydrogens is 432 g/mol. The van der Waals surface area contributed by atoms with Crippen molar-refractivity contribution in [2.24, 2.45) is 5.92 Å². The third-order valence-corrected chi connectivity index (χ3v) is 6.22. The lowest BCUT2D eigenvalue weighted by molar-refractivity contribution is -0.131. The highest BCUT2D eigenvalue weighted by Crippen LogP contribution is 2.28. The summed E-state index contributed by atoms with van der Waals surface area (Å²) in [5.74, 6) is 0.598. The molecule has 3 rings (SSSR count). The molecular formula is C27H34N2O5. The molecule has 7 heteroatoms. The molecule has 34 heavy (non-hydrogen) atoms. The summed E-state index contributed by atoms with van der Waals surface area (Å²) in [5, 5.41) is 12.3. The maximum absolute atomic E-state index is 12.5. The van der Waals surface area contributed by atoms with Gasteiger partial charge in [-0.3, -0.25) is 9.59 Å². The van der Waals surface area contributed by atoms with Gasteiger partial charge in [-0.1, -0.05) is 31.2 Å². The average molecular weight is 467 g/mol. The van der Waals surface area contributed by atoms with Crippen LogP contribution in [0.3, 0.4) is 0 Å². The molecule has 2 amide bonds. The van der Waals surface area contributed by atoms with Crippen LogP contribution in [0.2, 0.25) is 0 Å². The molecule has 7 nitrogen and oxygen atoms in total. The highest BCUT2D eigenvalue weighted by molar-refractivity contribution is 6.04. The normalized spacial score (nSPS) is 17.5. The number of ether oxygens (including phenoxy) is 2. The van der Waals surface area contributed by atoms with Gasteiger partial charge in [0.05, 0.1) is 25.9 Å². The van der Waals surface area contributed by atoms with Crippen LogP contribution in [0.1, 0.15) is 48.2 Å². The zero-order valence-electron chi connectivity index (χ0n) is 20.1. The van der Waals surface area contributed by atoms with Gasteiger partial charge in [-0.25, -0.2) is 0 Å². The lowest BCUT2D eigenvalue weighted by Gasteiger charge is -2.23. The highest BCUT2D eigenvalue weighted by atomic mass is 16.5. The van der Waals surface area contributed by atoms with Crippen LogP contribution < -0.4 is 10.1 Å². The van der Waals surface area contributed by atoms with E-state index in [1.165, 1.54) is 0 Å². The fraction of sp³-hybridized carbons (Fsp3) is 0.407. The predicted molar refractivity (Wildman–Crippen MR) is 132 cm³/mol. The van der Waals surface area contributed by atoms with E-state index in [0.29, 0.717) is 23.4 Å². The Morgan fingerprint density at radius 1 is 1.15 bits per heavy atom. The van der Waals surface area contributed by atoms with E-state index in [-0.39, 0.29) is 36.5 Å². The molecule has 2 N–H and O–H groups in total. The first kappa shape index (κ1) is 25.5. The molecule has 2 aromatic carbocycles. The molecule has 0 bridgehead atoms. The number of aliphatic hydroxyl groups excluding tert-OH is 1. The number of likely N-dealkylation sites (tertiary alicyclic amines) is 1. The van der Waals surface area contributed by atoms with Crippen molar-refractivity contribution in [1.29, 1.82) is 0 Å². The molecule has 3 atom stereocenters. The topological polar surface area (TPSA) is 88.1 Å². The minimum atomic E-state index is -0.193. The summed E-state index contributed by atoms with van der Waals surface area (Å²) in [6.45, 7) is 2.78. The Hall–Kier alpha value is -3.16. The van der Waals surface area contributed by atoms with E-state index < -0.39 is 0 Å². The number of aliphatic hydroxyl groups is 1. The van der Waals surface area contributed by atoms with Gasteiger partial charge in [-0.2, -0.15) is 0 Å². The van der Waals surface area contributed by atoms with E-state index in [2.05, 4.69) is 5.32 Å². The first-order valence-electron chi connectivity index (χ1n) is 11.6. The molecule has 1 heterocycles. The number of anilines is 1. The van der Waals surface area contributed by atoms with Crippen molar-refractivity contribution >= 4 is 17.5 Å². The molecule has 0 unspecified atom stereocenters. The lowest BCUT2D eigenvalue weighted by Crippen LogP contribution is -2.37. The Labute approximate surface area is 201 Å². The molecule has 0 aliphatic carbocycles. The van der Waals surface area contributed by atoms with Crippen LogP contribution in [-0.4, -0.2) is 55.2 Å². The monoisotopic (exact) mass is 466 g/mol. The third kappa shape index (κ3) is 6.46. The number of amides is 2. The summed E-state index contributed by atoms with van der Waals surface area (Å²) in [4.78, 5) is 26.7. The largest absolute Gasteiger partial charge is 0.497 e. The number of hydrogen-bond acceptors (Lipinski definition) is 5. The summed E-state index contributed by atoms with van der Waals surface area (Å²) >= 11 is 0. The minimum absolute atomic E-state index is 0.0220. The molecule has 2 aromatic rings. The maximum Gasteiger partial charge on any atom is 0.255 e. The molecule has 0 saturated carbocycles. The van der Waals surface area contributed by atoms with Gasteiger partial charge in [-0.05, 0) is 54.8 Å². The second-order valence-corrected chi connectivity index (χ2v) is 8.52. The van der Waals surface area contributed by atoms with Crippen LogP contribution in [0.5, 0.6) is 5.75 Å². The Morgan fingerprint density at radius 2 is 1.85 bits per heavy atom. The Morgan fingerprint density at radius 3 is 2.47 bits per heavy atom. The summed E-state index contributed by atoms with van der Waals surface area (Å²) in [6.07, 6.45) is 5.82. The molecule has 1 saturated heterocycles. The Bertz CT molecular complexity index is 972. The van der Waals surface area contributed by atoms with Gasteiger partial charge >= 0.3 is 0 Å². The number of nitrogens with zero attached hydrogens (tertiary/aromatic N) is 1. The fourth-order valence-electron chi connectivity index (χ4n) is 4.31. The molecule has 1 fully saturated rings. The number of rotatable bonds is 10. The van der Waals surface area contributed by atoms with Crippen molar-refractivity contribution < 1.29 is 24.2 Å². The number of hydrogen-bond donors (Lipinski definition) is 2. The minimum Gasteiger partial charge on any atom is -0.497 e. The Balaban J connectivity index is 1.56. The van der Waals surface area contributed by atoms with Crippen molar-refractivity contribution in [2.75, 3.05) is 32.7 Å². The van der Waals surface area contributed by atoms with Gasteiger partial charge < -0.3 is 24.8 Å². The third-order valence-electron chi connectivity index (χ3n) is 6.22. The summed E-state index contributed by atoms with van der Waals surface area (Å²) in [6, 6.07) is 14.5. The first-order chi connectivity index (χ1) is 16.5. The van der Waals surface area contributed by atoms with Crippen molar-refractivity contribution in [3.05, 3.63) is 71.8 Å². The standard InChI is InChI=1S/C27H34N2O5/c1-19(6-4-8-25(31)29-17-5-7-23(29)18-30)26(34-3)20-9-13-22(14-10-20)28-27(32)21-11-15-24(33-2)16-12-21/h4,6,9-16,19,23,26,30H,5,7-8,17-18H2,1-3H3,(H,28,32)/b6-4+/t19-,23-,26+/m0/s1. The van der Waals surface area contributed by atoms with Crippen LogP contribution in [0.4, 0.5) is 5.69 Å². The van der Waals surface area contributed by atoms with Crippen molar-refractivity contribution in [3.63, 3.8) is 0 Å². The van der Waals surface area contributed by atoms with Gasteiger partial charge in [-0.15, -0.1) is 0 Å². The predicted octanol–water partition coefficient (Wildman–Crippen LogP) is 4.20. The summed E-state index contributed by atoms with van der Waals surface area (Å²) in [5.41, 5.74) is 2.22. The first-order valence-corrected chi connectivity index (χ1v) is 11.6. The number of benzene rings is 2. The number of methoxy groups -OCH3 is 2. The highest BCUT2D eigenvalue weighted by Gasteiger charge is 2.27. The van der Waals surface area contributed by atoms with Gasteiger partial charge in [0.1, 0.15) is 5.75 Å². The smallest absolute Gasteiger partial charge is 0.255 e. The van der Waals surface area contributed by atoms with E-state index >= 15 is 0 Å². The van der Waals surface area contributed by atoms with Crippen LogP contribution in [0.15, 0.2) is 60.7 Å². The van der Waals surface area contributed by atoms with E-state index in [1.807, 2.05) is 43.3 Å². The zero-order chi connectivity index (χ0) is 24.5. The summed E-state index contributed by atoms with van der Waals surface area (Å²) < 4.78 is 10.8. The van der Waals surface area contributed by atoms with Gasteiger partial charge in [0, 0.05) is 37.2 Å². The van der Waals surface area contributed by atoms with Crippen LogP contribution in [0, 0.1) is 5.92 Å². The molecule has 0 radical (unpaired) electrons. The molecule has 1 aliphatic rings. The quantitative estimate of drug-likeness (QED) is 0.513. The van der Waals surface area contributed by atoms with E-state index in [4.69, 9.17) is 9.47 Å². The van der Waals surface area contributed by atoms with E-state index in [0.717, 1.165) is 24.9 Å². The SMILES string of the molecule is COc1ccc(C(=O)Nc2ccc([C@H](OC)[C@@H](C)/C=C/CC(=O)N3CCC[C@H]3CO)cc2)cc1. The van der Waals surface area contributed by atoms with Crippen molar-refractivity contribution in [1.82, 2.24) is 4.90 Å². The van der Waals surface area contributed by atoms with Gasteiger partial charge in [0.2, 0.25) is 5.91 Å². The second kappa shape index (κ2) is 12.3. The van der Waals surface area contributed by atoms with E-state index in [9.17, 15) is 14.7 Å². The molecule has 0 aromatic heterocycles. The van der Waals surface area contributed by atoms with Crippen molar-refractivity contribution in [3.8, 4) is 5.75 Å². The Kier molecular flexibility index (Phi) is 9.24. The number of nitrogens with one attached hydrogen (secondary N) is 1. The van der Waals surface area contributed by atoms with Crippen LogP contribution >= 0.6 is 0 Å². The lowest BCUT2D eigenvalue weighted by atomic mass is 9.96. The summed E-state index contributed by atoms with van der Waals surface area (Å²) in [7, 11) is 3.25.